The molecule has 0 aromatic heterocycles. The highest BCUT2D eigenvalue weighted by molar-refractivity contribution is 5.88. The van der Waals surface area contributed by atoms with Gasteiger partial charge in [-0.3, -0.25) is 10.1 Å². The molecular formula is C20H20N2O3. The molecule has 0 fully saturated rings. The summed E-state index contributed by atoms with van der Waals surface area (Å²) in [4.78, 5) is 10.4. The molecule has 5 nitrogen and oxygen atoms in total. The van der Waals surface area contributed by atoms with Crippen molar-refractivity contribution in [3.63, 3.8) is 0 Å². The standard InChI is InChI=1S/C20H20N2O3/c1-14(2)25-20-12-7-15-5-3-4-6-18(15)19(20)13-21-16-8-10-17(11-9-16)22(23)24/h3-12,14,21H,13H2,1-2H3. The second-order valence-electron chi connectivity index (χ2n) is 6.09. The number of ether oxygens (including phenoxy) is 1. The Morgan fingerprint density at radius 3 is 2.44 bits per heavy atom. The molecule has 5 heteroatoms. The molecule has 128 valence electrons. The van der Waals surface area contributed by atoms with Crippen LogP contribution in [-0.4, -0.2) is 11.0 Å². The maximum Gasteiger partial charge on any atom is 0.269 e. The maximum atomic E-state index is 10.8. The van der Waals surface area contributed by atoms with Crippen LogP contribution < -0.4 is 10.1 Å². The van der Waals surface area contributed by atoms with Gasteiger partial charge in [-0.25, -0.2) is 0 Å². The summed E-state index contributed by atoms with van der Waals surface area (Å²) in [7, 11) is 0. The first-order chi connectivity index (χ1) is 12.0. The second kappa shape index (κ2) is 7.21. The zero-order chi connectivity index (χ0) is 17.8. The summed E-state index contributed by atoms with van der Waals surface area (Å²) in [5.41, 5.74) is 1.98. The smallest absolute Gasteiger partial charge is 0.269 e. The molecule has 0 amide bonds. The lowest BCUT2D eigenvalue weighted by Gasteiger charge is -2.17. The number of hydrogen-bond donors (Lipinski definition) is 1. The van der Waals surface area contributed by atoms with Gasteiger partial charge in [-0.2, -0.15) is 0 Å². The first-order valence-corrected chi connectivity index (χ1v) is 8.20. The fraction of sp³-hybridized carbons (Fsp3) is 0.200. The predicted molar refractivity (Wildman–Crippen MR) is 100 cm³/mol. The zero-order valence-electron chi connectivity index (χ0n) is 14.2. The van der Waals surface area contributed by atoms with Crippen molar-refractivity contribution in [2.45, 2.75) is 26.5 Å². The van der Waals surface area contributed by atoms with Crippen molar-refractivity contribution < 1.29 is 9.66 Å². The van der Waals surface area contributed by atoms with Crippen LogP contribution in [0.2, 0.25) is 0 Å². The van der Waals surface area contributed by atoms with Gasteiger partial charge < -0.3 is 10.1 Å². The number of nitrogens with zero attached hydrogens (tertiary/aromatic N) is 1. The molecular weight excluding hydrogens is 316 g/mol. The summed E-state index contributed by atoms with van der Waals surface area (Å²) in [5.74, 6) is 0.850. The highest BCUT2D eigenvalue weighted by Gasteiger charge is 2.11. The van der Waals surface area contributed by atoms with Gasteiger partial charge in [-0.05, 0) is 42.8 Å². The Hall–Kier alpha value is -3.08. The van der Waals surface area contributed by atoms with Gasteiger partial charge in [0.25, 0.3) is 5.69 Å². The third kappa shape index (κ3) is 3.88. The second-order valence-corrected chi connectivity index (χ2v) is 6.09. The molecule has 1 N–H and O–H groups in total. The Bertz CT molecular complexity index is 889. The van der Waals surface area contributed by atoms with E-state index in [1.165, 1.54) is 12.1 Å². The van der Waals surface area contributed by atoms with Crippen molar-refractivity contribution in [1.82, 2.24) is 0 Å². The molecule has 0 spiro atoms. The predicted octanol–water partition coefficient (Wildman–Crippen LogP) is 5.15. The Labute approximate surface area is 146 Å². The van der Waals surface area contributed by atoms with Gasteiger partial charge in [0.15, 0.2) is 0 Å². The van der Waals surface area contributed by atoms with Crippen LogP contribution in [-0.2, 0) is 6.54 Å². The van der Waals surface area contributed by atoms with Gasteiger partial charge in [0.05, 0.1) is 11.0 Å². The minimum absolute atomic E-state index is 0.0827. The van der Waals surface area contributed by atoms with Crippen LogP contribution in [0.15, 0.2) is 60.7 Å². The summed E-state index contributed by atoms with van der Waals surface area (Å²) in [6.45, 7) is 4.58. The van der Waals surface area contributed by atoms with Crippen LogP contribution >= 0.6 is 0 Å². The van der Waals surface area contributed by atoms with Gasteiger partial charge >= 0.3 is 0 Å². The van der Waals surface area contributed by atoms with E-state index in [2.05, 4.69) is 23.5 Å². The molecule has 0 heterocycles. The van der Waals surface area contributed by atoms with Crippen LogP contribution in [0.25, 0.3) is 10.8 Å². The molecule has 3 aromatic rings. The van der Waals surface area contributed by atoms with Crippen LogP contribution in [0.3, 0.4) is 0 Å². The molecule has 0 bridgehead atoms. The van der Waals surface area contributed by atoms with E-state index in [1.54, 1.807) is 12.1 Å². The molecule has 0 saturated carbocycles. The average Bonchev–Trinajstić information content (AvgIpc) is 2.60. The number of hydrogen-bond acceptors (Lipinski definition) is 4. The Morgan fingerprint density at radius 2 is 1.76 bits per heavy atom. The summed E-state index contributed by atoms with van der Waals surface area (Å²) < 4.78 is 5.96. The minimum atomic E-state index is -0.400. The Morgan fingerprint density at radius 1 is 1.04 bits per heavy atom. The van der Waals surface area contributed by atoms with Gasteiger partial charge in [-0.15, -0.1) is 0 Å². The molecule has 25 heavy (non-hydrogen) atoms. The summed E-state index contributed by atoms with van der Waals surface area (Å²) >= 11 is 0. The number of non-ortho nitro benzene ring substituents is 1. The molecule has 3 aromatic carbocycles. The van der Waals surface area contributed by atoms with Gasteiger partial charge in [-0.1, -0.05) is 30.3 Å². The highest BCUT2D eigenvalue weighted by atomic mass is 16.6. The third-order valence-electron chi connectivity index (χ3n) is 3.91. The summed E-state index contributed by atoms with van der Waals surface area (Å²) in [5, 5.41) is 16.4. The van der Waals surface area contributed by atoms with Gasteiger partial charge in [0.1, 0.15) is 5.75 Å². The summed E-state index contributed by atoms with van der Waals surface area (Å²) in [6.07, 6.45) is 0.0827. The molecule has 0 atom stereocenters. The first-order valence-electron chi connectivity index (χ1n) is 8.20. The number of nitro groups is 1. The minimum Gasteiger partial charge on any atom is -0.491 e. The normalized spacial score (nSPS) is 10.8. The molecule has 0 radical (unpaired) electrons. The topological polar surface area (TPSA) is 64.4 Å². The van der Waals surface area contributed by atoms with E-state index in [9.17, 15) is 10.1 Å². The number of rotatable bonds is 6. The number of benzene rings is 3. The number of fused-ring (bicyclic) bond motifs is 1. The van der Waals surface area contributed by atoms with E-state index in [0.717, 1.165) is 27.8 Å². The van der Waals surface area contributed by atoms with Crippen molar-refractivity contribution in [3.8, 4) is 5.75 Å². The fourth-order valence-corrected chi connectivity index (χ4v) is 2.75. The van der Waals surface area contributed by atoms with Crippen molar-refractivity contribution in [2.24, 2.45) is 0 Å². The number of nitro benzene ring substituents is 1. The lowest BCUT2D eigenvalue weighted by molar-refractivity contribution is -0.384. The van der Waals surface area contributed by atoms with E-state index in [4.69, 9.17) is 4.74 Å². The molecule has 0 aliphatic heterocycles. The van der Waals surface area contributed by atoms with Crippen LogP contribution in [0, 0.1) is 10.1 Å². The van der Waals surface area contributed by atoms with E-state index >= 15 is 0 Å². The molecule has 0 unspecified atom stereocenters. The van der Waals surface area contributed by atoms with Crippen LogP contribution in [0.1, 0.15) is 19.4 Å². The molecule has 0 aliphatic rings. The Kier molecular flexibility index (Phi) is 4.84. The van der Waals surface area contributed by atoms with E-state index < -0.39 is 4.92 Å². The number of anilines is 1. The lowest BCUT2D eigenvalue weighted by atomic mass is 10.0. The summed E-state index contributed by atoms with van der Waals surface area (Å²) in [6, 6.07) is 18.7. The van der Waals surface area contributed by atoms with Crippen molar-refractivity contribution in [1.29, 1.82) is 0 Å². The largest absolute Gasteiger partial charge is 0.491 e. The Balaban J connectivity index is 1.89. The monoisotopic (exact) mass is 336 g/mol. The fourth-order valence-electron chi connectivity index (χ4n) is 2.75. The van der Waals surface area contributed by atoms with Gasteiger partial charge in [0.2, 0.25) is 0 Å². The molecule has 3 rings (SSSR count). The third-order valence-corrected chi connectivity index (χ3v) is 3.91. The first kappa shape index (κ1) is 16.8. The van der Waals surface area contributed by atoms with E-state index in [0.29, 0.717) is 6.54 Å². The zero-order valence-corrected chi connectivity index (χ0v) is 14.2. The maximum absolute atomic E-state index is 10.8. The highest BCUT2D eigenvalue weighted by Crippen LogP contribution is 2.30. The van der Waals surface area contributed by atoms with Crippen molar-refractivity contribution in [2.75, 3.05) is 5.32 Å². The van der Waals surface area contributed by atoms with Gasteiger partial charge in [0, 0.05) is 29.9 Å². The van der Waals surface area contributed by atoms with E-state index in [1.807, 2.05) is 32.0 Å². The SMILES string of the molecule is CC(C)Oc1ccc2ccccc2c1CNc1ccc([N+](=O)[O-])cc1. The quantitative estimate of drug-likeness (QED) is 0.499. The van der Waals surface area contributed by atoms with E-state index in [-0.39, 0.29) is 11.8 Å². The molecule has 0 saturated heterocycles. The van der Waals surface area contributed by atoms with Crippen molar-refractivity contribution >= 4 is 22.1 Å². The molecule has 0 aliphatic carbocycles. The number of nitrogens with one attached hydrogen (secondary N) is 1. The lowest BCUT2D eigenvalue weighted by Crippen LogP contribution is -2.10. The van der Waals surface area contributed by atoms with Crippen LogP contribution in [0.5, 0.6) is 5.75 Å². The van der Waals surface area contributed by atoms with Crippen molar-refractivity contribution in [3.05, 3.63) is 76.3 Å². The average molecular weight is 336 g/mol. The van der Waals surface area contributed by atoms with Crippen LogP contribution in [0.4, 0.5) is 11.4 Å².